The number of thiophene rings is 1. The average molecular weight is 227 g/mol. The smallest absolute Gasteiger partial charge is 0.325 e. The van der Waals surface area contributed by atoms with Crippen LogP contribution in [0.25, 0.3) is 0 Å². The molecule has 1 aromatic heterocycles. The first kappa shape index (κ1) is 11.7. The Morgan fingerprint density at radius 3 is 2.80 bits per heavy atom. The molecule has 1 heterocycles. The molecular weight excluding hydrogens is 214 g/mol. The lowest BCUT2D eigenvalue weighted by Crippen LogP contribution is -2.31. The lowest BCUT2D eigenvalue weighted by molar-refractivity contribution is -0.146. The minimum atomic E-state index is -0.423. The zero-order chi connectivity index (χ0) is 11.3. The summed E-state index contributed by atoms with van der Waals surface area (Å²) >= 11 is 1.44. The molecule has 0 aliphatic heterocycles. The summed E-state index contributed by atoms with van der Waals surface area (Å²) in [6.45, 7) is 3.43. The van der Waals surface area contributed by atoms with Crippen LogP contribution in [0.1, 0.15) is 24.2 Å². The number of hydrogen-bond donors (Lipinski definition) is 1. The number of hydrogen-bond acceptors (Lipinski definition) is 4. The molecule has 5 heteroatoms. The van der Waals surface area contributed by atoms with Gasteiger partial charge in [0.25, 0.3) is 5.91 Å². The van der Waals surface area contributed by atoms with Crippen molar-refractivity contribution in [2.75, 3.05) is 6.54 Å². The predicted octanol–water partition coefficient (Wildman–Crippen LogP) is 1.43. The van der Waals surface area contributed by atoms with E-state index in [4.69, 9.17) is 4.74 Å². The average Bonchev–Trinajstić information content (AvgIpc) is 2.65. The van der Waals surface area contributed by atoms with Crippen LogP contribution in [0.2, 0.25) is 0 Å². The van der Waals surface area contributed by atoms with E-state index in [1.807, 2.05) is 0 Å². The summed E-state index contributed by atoms with van der Waals surface area (Å²) in [5.74, 6) is -0.675. The van der Waals surface area contributed by atoms with Crippen molar-refractivity contribution < 1.29 is 14.3 Å². The van der Waals surface area contributed by atoms with Gasteiger partial charge in [0.2, 0.25) is 0 Å². The molecule has 0 radical (unpaired) electrons. The first-order valence-corrected chi connectivity index (χ1v) is 5.53. The molecule has 0 fully saturated rings. The zero-order valence-corrected chi connectivity index (χ0v) is 9.47. The Bertz CT molecular complexity index is 332. The van der Waals surface area contributed by atoms with Crippen LogP contribution in [-0.4, -0.2) is 24.5 Å². The summed E-state index contributed by atoms with van der Waals surface area (Å²) in [4.78, 5) is 22.5. The normalized spacial score (nSPS) is 10.1. The highest BCUT2D eigenvalue weighted by Gasteiger charge is 2.09. The molecule has 15 heavy (non-hydrogen) atoms. The zero-order valence-electron chi connectivity index (χ0n) is 8.65. The monoisotopic (exact) mass is 227 g/mol. The summed E-state index contributed by atoms with van der Waals surface area (Å²) in [7, 11) is 0. The van der Waals surface area contributed by atoms with Gasteiger partial charge in [-0.05, 0) is 25.3 Å². The van der Waals surface area contributed by atoms with Crippen LogP contribution >= 0.6 is 11.3 Å². The molecule has 0 aliphatic rings. The summed E-state index contributed by atoms with van der Waals surface area (Å²) in [5.41, 5.74) is 0.567. The van der Waals surface area contributed by atoms with Gasteiger partial charge < -0.3 is 10.1 Å². The molecule has 0 aliphatic carbocycles. The third kappa shape index (κ3) is 4.12. The highest BCUT2D eigenvalue weighted by atomic mass is 32.1. The molecule has 82 valence electrons. The lowest BCUT2D eigenvalue weighted by atomic mass is 10.3. The fourth-order valence-corrected chi connectivity index (χ4v) is 1.59. The van der Waals surface area contributed by atoms with E-state index < -0.39 is 5.97 Å². The first-order chi connectivity index (χ1) is 7.09. The second kappa shape index (κ2) is 5.50. The van der Waals surface area contributed by atoms with Gasteiger partial charge in [0.15, 0.2) is 0 Å². The molecule has 1 N–H and O–H groups in total. The number of esters is 1. The van der Waals surface area contributed by atoms with E-state index in [0.29, 0.717) is 5.56 Å². The first-order valence-electron chi connectivity index (χ1n) is 4.59. The van der Waals surface area contributed by atoms with Gasteiger partial charge in [-0.1, -0.05) is 0 Å². The van der Waals surface area contributed by atoms with Gasteiger partial charge in [-0.3, -0.25) is 9.59 Å². The van der Waals surface area contributed by atoms with Crippen LogP contribution in [0.3, 0.4) is 0 Å². The van der Waals surface area contributed by atoms with Crippen LogP contribution in [0, 0.1) is 0 Å². The molecule has 4 nitrogen and oxygen atoms in total. The van der Waals surface area contributed by atoms with Crippen LogP contribution in [-0.2, 0) is 9.53 Å². The van der Waals surface area contributed by atoms with Crippen LogP contribution < -0.4 is 5.32 Å². The maximum atomic E-state index is 11.4. The van der Waals surface area contributed by atoms with Crippen molar-refractivity contribution in [1.29, 1.82) is 0 Å². The Kier molecular flexibility index (Phi) is 4.30. The standard InChI is InChI=1S/C10H13NO3S/c1-7(2)14-9(12)5-11-10(13)8-3-4-15-6-8/h3-4,6-7H,5H2,1-2H3,(H,11,13). The van der Waals surface area contributed by atoms with Gasteiger partial charge in [-0.25, -0.2) is 0 Å². The maximum Gasteiger partial charge on any atom is 0.325 e. The van der Waals surface area contributed by atoms with E-state index >= 15 is 0 Å². The van der Waals surface area contributed by atoms with Crippen molar-refractivity contribution in [2.45, 2.75) is 20.0 Å². The molecule has 1 rings (SSSR count). The SMILES string of the molecule is CC(C)OC(=O)CNC(=O)c1ccsc1. The summed E-state index contributed by atoms with van der Waals surface area (Å²) < 4.78 is 4.87. The van der Waals surface area contributed by atoms with Gasteiger partial charge in [0.1, 0.15) is 6.54 Å². The molecule has 0 spiro atoms. The van der Waals surface area contributed by atoms with Crippen LogP contribution in [0.15, 0.2) is 16.8 Å². The Balaban J connectivity index is 2.32. The second-order valence-electron chi connectivity index (χ2n) is 3.23. The van der Waals surface area contributed by atoms with E-state index in [1.165, 1.54) is 11.3 Å². The van der Waals surface area contributed by atoms with Crippen molar-refractivity contribution >= 4 is 23.2 Å². The number of amides is 1. The summed E-state index contributed by atoms with van der Waals surface area (Å²) in [6.07, 6.45) is -0.157. The van der Waals surface area contributed by atoms with Crippen molar-refractivity contribution in [3.05, 3.63) is 22.4 Å². The van der Waals surface area contributed by atoms with Crippen molar-refractivity contribution in [1.82, 2.24) is 5.32 Å². The molecule has 0 bridgehead atoms. The van der Waals surface area contributed by atoms with E-state index in [0.717, 1.165) is 0 Å². The minimum Gasteiger partial charge on any atom is -0.462 e. The lowest BCUT2D eigenvalue weighted by Gasteiger charge is -2.08. The number of rotatable bonds is 4. The Morgan fingerprint density at radius 2 is 2.27 bits per heavy atom. The number of carbonyl (C=O) groups excluding carboxylic acids is 2. The Labute approximate surface area is 92.2 Å². The largest absolute Gasteiger partial charge is 0.462 e. The van der Waals surface area contributed by atoms with E-state index in [-0.39, 0.29) is 18.6 Å². The molecule has 0 atom stereocenters. The molecule has 0 saturated heterocycles. The molecular formula is C10H13NO3S. The van der Waals surface area contributed by atoms with Gasteiger partial charge >= 0.3 is 5.97 Å². The van der Waals surface area contributed by atoms with Crippen molar-refractivity contribution in [3.63, 3.8) is 0 Å². The predicted molar refractivity (Wildman–Crippen MR) is 57.9 cm³/mol. The summed E-state index contributed by atoms with van der Waals surface area (Å²) in [5, 5.41) is 6.02. The molecule has 1 aromatic rings. The maximum absolute atomic E-state index is 11.4. The van der Waals surface area contributed by atoms with Crippen molar-refractivity contribution in [2.24, 2.45) is 0 Å². The second-order valence-corrected chi connectivity index (χ2v) is 4.01. The van der Waals surface area contributed by atoms with Gasteiger partial charge in [0.05, 0.1) is 6.10 Å². The van der Waals surface area contributed by atoms with Crippen LogP contribution in [0.4, 0.5) is 0 Å². The highest BCUT2D eigenvalue weighted by molar-refractivity contribution is 7.08. The number of carbonyl (C=O) groups is 2. The Morgan fingerprint density at radius 1 is 1.53 bits per heavy atom. The fourth-order valence-electron chi connectivity index (χ4n) is 0.953. The molecule has 0 saturated carbocycles. The number of ether oxygens (including phenoxy) is 1. The van der Waals surface area contributed by atoms with Gasteiger partial charge in [-0.2, -0.15) is 11.3 Å². The fraction of sp³-hybridized carbons (Fsp3) is 0.400. The number of nitrogens with one attached hydrogen (secondary N) is 1. The van der Waals surface area contributed by atoms with Crippen molar-refractivity contribution in [3.8, 4) is 0 Å². The minimum absolute atomic E-state index is 0.0904. The van der Waals surface area contributed by atoms with Gasteiger partial charge in [0, 0.05) is 10.9 Å². The third-order valence-electron chi connectivity index (χ3n) is 1.54. The topological polar surface area (TPSA) is 55.4 Å². The highest BCUT2D eigenvalue weighted by Crippen LogP contribution is 2.04. The van der Waals surface area contributed by atoms with E-state index in [2.05, 4.69) is 5.32 Å². The molecule has 1 amide bonds. The van der Waals surface area contributed by atoms with E-state index in [1.54, 1.807) is 30.7 Å². The quantitative estimate of drug-likeness (QED) is 0.792. The van der Waals surface area contributed by atoms with E-state index in [9.17, 15) is 9.59 Å². The Hall–Kier alpha value is -1.36. The third-order valence-corrected chi connectivity index (χ3v) is 2.23. The summed E-state index contributed by atoms with van der Waals surface area (Å²) in [6, 6.07) is 1.70. The molecule has 0 aromatic carbocycles. The van der Waals surface area contributed by atoms with Crippen LogP contribution in [0.5, 0.6) is 0 Å². The molecule has 0 unspecified atom stereocenters. The van der Waals surface area contributed by atoms with Gasteiger partial charge in [-0.15, -0.1) is 0 Å².